The molecule has 2 aromatic heterocycles. The number of imidazole rings is 1. The van der Waals surface area contributed by atoms with Crippen LogP contribution in [-0.4, -0.2) is 68.1 Å². The van der Waals surface area contributed by atoms with Crippen molar-refractivity contribution in [3.63, 3.8) is 0 Å². The maximum absolute atomic E-state index is 9.53. The zero-order valence-corrected chi connectivity index (χ0v) is 17.2. The monoisotopic (exact) mass is 414 g/mol. The summed E-state index contributed by atoms with van der Waals surface area (Å²) < 4.78 is 24.0. The molecule has 0 amide bonds. The van der Waals surface area contributed by atoms with Gasteiger partial charge in [-0.25, -0.2) is 4.98 Å². The van der Waals surface area contributed by atoms with Gasteiger partial charge in [0.05, 0.1) is 38.5 Å². The minimum atomic E-state index is 0.528. The molecule has 0 spiro atoms. The van der Waals surface area contributed by atoms with Crippen molar-refractivity contribution in [3.8, 4) is 28.3 Å². The minimum absolute atomic E-state index is 0.528. The molecule has 0 unspecified atom stereocenters. The van der Waals surface area contributed by atoms with Crippen LogP contribution in [0.4, 0.5) is 0 Å². The maximum atomic E-state index is 9.53. The first-order chi connectivity index (χ1) is 14.2. The topological polar surface area (TPSA) is 81.8 Å². The van der Waals surface area contributed by atoms with E-state index in [1.807, 2.05) is 22.8 Å². The first-order valence-electron chi connectivity index (χ1n) is 9.29. The number of morpholine rings is 1. The van der Waals surface area contributed by atoms with E-state index >= 15 is 0 Å². The number of rotatable bonds is 7. The van der Waals surface area contributed by atoms with Crippen LogP contribution in [0.25, 0.3) is 16.0 Å². The van der Waals surface area contributed by atoms with E-state index < -0.39 is 0 Å². The molecule has 0 N–H and O–H groups in total. The lowest BCUT2D eigenvalue weighted by atomic mass is 10.2. The van der Waals surface area contributed by atoms with Gasteiger partial charge >= 0.3 is 0 Å². The Morgan fingerprint density at radius 2 is 1.90 bits per heavy atom. The van der Waals surface area contributed by atoms with Gasteiger partial charge in [0.2, 0.25) is 0 Å². The predicted octanol–water partition coefficient (Wildman–Crippen LogP) is 2.69. The second-order valence-electron chi connectivity index (χ2n) is 6.50. The highest BCUT2D eigenvalue weighted by Crippen LogP contribution is 2.36. The molecular formula is C20H22N4O4S. The van der Waals surface area contributed by atoms with Crippen LogP contribution in [0.2, 0.25) is 0 Å². The van der Waals surface area contributed by atoms with E-state index in [-0.39, 0.29) is 0 Å². The molecule has 0 bridgehead atoms. The summed E-state index contributed by atoms with van der Waals surface area (Å²) in [5.74, 6) is 1.85. The van der Waals surface area contributed by atoms with Gasteiger partial charge < -0.3 is 18.9 Å². The van der Waals surface area contributed by atoms with Gasteiger partial charge in [-0.15, -0.1) is 11.3 Å². The Morgan fingerprint density at radius 1 is 1.14 bits per heavy atom. The summed E-state index contributed by atoms with van der Waals surface area (Å²) in [7, 11) is 3.20. The number of thiophene rings is 1. The molecule has 3 heterocycles. The SMILES string of the molecule is COc1cc2ncn(-c3cc(OCCN4CCOCC4)c(C#N)s3)c2cc1OC. The molecular weight excluding hydrogens is 392 g/mol. The lowest BCUT2D eigenvalue weighted by molar-refractivity contribution is 0.0322. The van der Waals surface area contributed by atoms with Crippen LogP contribution < -0.4 is 14.2 Å². The van der Waals surface area contributed by atoms with Gasteiger partial charge in [-0.2, -0.15) is 5.26 Å². The highest BCUT2D eigenvalue weighted by molar-refractivity contribution is 7.15. The summed E-state index contributed by atoms with van der Waals surface area (Å²) in [5, 5.41) is 10.4. The van der Waals surface area contributed by atoms with Crippen LogP contribution in [0, 0.1) is 11.3 Å². The van der Waals surface area contributed by atoms with Crippen LogP contribution in [0.15, 0.2) is 24.5 Å². The molecule has 4 rings (SSSR count). The number of nitrogens with zero attached hydrogens (tertiary/aromatic N) is 4. The second-order valence-corrected chi connectivity index (χ2v) is 7.53. The molecule has 1 fully saturated rings. The zero-order chi connectivity index (χ0) is 20.2. The summed E-state index contributed by atoms with van der Waals surface area (Å²) >= 11 is 1.37. The van der Waals surface area contributed by atoms with Crippen LogP contribution in [0.1, 0.15) is 4.88 Å². The molecule has 1 aromatic carbocycles. The van der Waals surface area contributed by atoms with E-state index in [0.29, 0.717) is 28.7 Å². The largest absolute Gasteiger partial charge is 0.493 e. The number of methoxy groups -OCH3 is 2. The average Bonchev–Trinajstić information content (AvgIpc) is 3.36. The van der Waals surface area contributed by atoms with Crippen LogP contribution in [-0.2, 0) is 4.74 Å². The lowest BCUT2D eigenvalue weighted by Gasteiger charge is -2.26. The average molecular weight is 414 g/mol. The molecule has 9 heteroatoms. The molecule has 0 atom stereocenters. The highest BCUT2D eigenvalue weighted by Gasteiger charge is 2.17. The Morgan fingerprint density at radius 3 is 2.62 bits per heavy atom. The smallest absolute Gasteiger partial charge is 0.163 e. The Bertz CT molecular complexity index is 1030. The quantitative estimate of drug-likeness (QED) is 0.588. The Balaban J connectivity index is 1.56. The number of benzene rings is 1. The van der Waals surface area contributed by atoms with Crippen LogP contribution >= 0.6 is 11.3 Å². The number of fused-ring (bicyclic) bond motifs is 1. The zero-order valence-electron chi connectivity index (χ0n) is 16.4. The molecule has 0 aliphatic carbocycles. The number of ether oxygens (including phenoxy) is 4. The molecule has 0 radical (unpaired) electrons. The third-order valence-corrected chi connectivity index (χ3v) is 5.87. The van der Waals surface area contributed by atoms with Gasteiger partial charge in [0, 0.05) is 37.8 Å². The van der Waals surface area contributed by atoms with Crippen LogP contribution in [0.5, 0.6) is 17.2 Å². The predicted molar refractivity (Wildman–Crippen MR) is 110 cm³/mol. The normalized spacial score (nSPS) is 14.7. The lowest BCUT2D eigenvalue weighted by Crippen LogP contribution is -2.38. The van der Waals surface area contributed by atoms with Gasteiger partial charge in [0.25, 0.3) is 0 Å². The van der Waals surface area contributed by atoms with Crippen molar-refractivity contribution in [3.05, 3.63) is 29.4 Å². The van der Waals surface area contributed by atoms with Crippen molar-refractivity contribution in [2.45, 2.75) is 0 Å². The molecule has 152 valence electrons. The molecule has 0 saturated carbocycles. The summed E-state index contributed by atoms with van der Waals surface area (Å²) in [6, 6.07) is 7.84. The molecule has 29 heavy (non-hydrogen) atoms. The Labute approximate surface area is 172 Å². The summed E-state index contributed by atoms with van der Waals surface area (Å²) in [5.41, 5.74) is 1.65. The van der Waals surface area contributed by atoms with Crippen molar-refractivity contribution >= 4 is 22.4 Å². The number of nitriles is 1. The van der Waals surface area contributed by atoms with Gasteiger partial charge in [-0.1, -0.05) is 0 Å². The van der Waals surface area contributed by atoms with Crippen molar-refractivity contribution in [2.24, 2.45) is 0 Å². The first kappa shape index (κ1) is 19.5. The summed E-state index contributed by atoms with van der Waals surface area (Å²) in [4.78, 5) is 7.30. The number of aromatic nitrogens is 2. The van der Waals surface area contributed by atoms with E-state index in [1.165, 1.54) is 11.3 Å². The third kappa shape index (κ3) is 4.00. The summed E-state index contributed by atoms with van der Waals surface area (Å²) in [6.07, 6.45) is 1.73. The van der Waals surface area contributed by atoms with Gasteiger partial charge in [-0.3, -0.25) is 9.47 Å². The molecule has 3 aromatic rings. The van der Waals surface area contributed by atoms with E-state index in [0.717, 1.165) is 48.9 Å². The van der Waals surface area contributed by atoms with Crippen molar-refractivity contribution in [1.82, 2.24) is 14.5 Å². The molecule has 1 aliphatic heterocycles. The Hall–Kier alpha value is -2.80. The molecule has 1 aliphatic rings. The summed E-state index contributed by atoms with van der Waals surface area (Å²) in [6.45, 7) is 4.68. The standard InChI is InChI=1S/C20H22N4O4S/c1-25-16-9-14-15(10-17(16)26-2)24(13-22-14)20-11-18(19(12-21)29-20)28-8-5-23-3-6-27-7-4-23/h9-11,13H,3-8H2,1-2H3. The second kappa shape index (κ2) is 8.69. The third-order valence-electron chi connectivity index (χ3n) is 4.85. The fourth-order valence-electron chi connectivity index (χ4n) is 3.29. The van der Waals surface area contributed by atoms with Gasteiger partial charge in [-0.05, 0) is 0 Å². The molecule has 1 saturated heterocycles. The van der Waals surface area contributed by atoms with E-state index in [9.17, 15) is 5.26 Å². The van der Waals surface area contributed by atoms with E-state index in [2.05, 4.69) is 16.0 Å². The fraction of sp³-hybridized carbons (Fsp3) is 0.400. The van der Waals surface area contributed by atoms with Gasteiger partial charge in [0.15, 0.2) is 11.5 Å². The number of hydrogen-bond acceptors (Lipinski definition) is 8. The molecule has 8 nitrogen and oxygen atoms in total. The minimum Gasteiger partial charge on any atom is -0.493 e. The van der Waals surface area contributed by atoms with E-state index in [1.54, 1.807) is 20.5 Å². The number of hydrogen-bond donors (Lipinski definition) is 0. The van der Waals surface area contributed by atoms with Crippen molar-refractivity contribution in [2.75, 3.05) is 53.7 Å². The van der Waals surface area contributed by atoms with Gasteiger partial charge in [0.1, 0.15) is 34.6 Å². The van der Waals surface area contributed by atoms with Crippen molar-refractivity contribution < 1.29 is 18.9 Å². The first-order valence-corrected chi connectivity index (χ1v) is 10.1. The fourth-order valence-corrected chi connectivity index (χ4v) is 4.17. The van der Waals surface area contributed by atoms with Crippen molar-refractivity contribution in [1.29, 1.82) is 5.26 Å². The highest BCUT2D eigenvalue weighted by atomic mass is 32.1. The maximum Gasteiger partial charge on any atom is 0.163 e. The van der Waals surface area contributed by atoms with E-state index in [4.69, 9.17) is 18.9 Å². The Kier molecular flexibility index (Phi) is 5.85. The van der Waals surface area contributed by atoms with Crippen LogP contribution in [0.3, 0.4) is 0 Å².